The molecule has 0 heterocycles. The first-order valence-electron chi connectivity index (χ1n) is 0.855. The molecule has 0 radical (unpaired) electrons. The molecule has 8 heavy (non-hydrogen) atoms. The van der Waals surface area contributed by atoms with Gasteiger partial charge in [-0.3, -0.25) is 0 Å². The van der Waals surface area contributed by atoms with Crippen molar-refractivity contribution in [2.45, 2.75) is 0 Å². The maximum absolute atomic E-state index is 7.13. The maximum atomic E-state index is 7.13. The Labute approximate surface area is 88.8 Å². The topological polar surface area (TPSA) is 79.1 Å². The van der Waals surface area contributed by atoms with Gasteiger partial charge in [-0.2, -0.15) is 0 Å². The molecule has 0 amide bonds. The van der Waals surface area contributed by atoms with E-state index in [1.807, 2.05) is 0 Å². The Morgan fingerprint density at radius 3 is 1.00 bits per heavy atom. The van der Waals surface area contributed by atoms with Crippen LogP contribution in [-0.4, -0.2) is 43.2 Å². The van der Waals surface area contributed by atoms with Gasteiger partial charge in [0.2, 0.25) is 0 Å². The minimum absolute atomic E-state index is 0. The van der Waals surface area contributed by atoms with Crippen LogP contribution in [0.5, 0.6) is 0 Å². The van der Waals surface area contributed by atoms with E-state index in [1.165, 1.54) is 10.8 Å². The molecule has 0 unspecified atom stereocenters. The van der Waals surface area contributed by atoms with Crippen LogP contribution in [0.25, 0.3) is 0 Å². The Hall–Kier alpha value is 0.640. The number of thiocyanates is 2. The van der Waals surface area contributed by atoms with Crippen molar-refractivity contribution in [1.82, 2.24) is 0 Å². The average Bonchev–Trinajstić information content (AvgIpc) is 1.39. The smallest absolute Gasteiger partial charge is 0.696 e. The second kappa shape index (κ2) is 48.3. The third kappa shape index (κ3) is 516. The molecule has 0 saturated heterocycles. The summed E-state index contributed by atoms with van der Waals surface area (Å²) in [5.74, 6) is 0. The van der Waals surface area contributed by atoms with Crippen LogP contribution in [0.2, 0.25) is 0 Å². The van der Waals surface area contributed by atoms with E-state index in [0.717, 1.165) is 0 Å². The van der Waals surface area contributed by atoms with Gasteiger partial charge in [0.15, 0.2) is 0 Å². The molecular formula is C2H2CaN2OS2. The molecule has 0 fully saturated rings. The Morgan fingerprint density at radius 1 is 1.00 bits per heavy atom. The van der Waals surface area contributed by atoms with Crippen LogP contribution in [0, 0.1) is 21.3 Å². The molecule has 0 aliphatic carbocycles. The molecule has 0 spiro atoms. The van der Waals surface area contributed by atoms with Crippen LogP contribution in [0.3, 0.4) is 0 Å². The minimum atomic E-state index is 0. The zero-order valence-corrected chi connectivity index (χ0v) is 7.76. The summed E-state index contributed by atoms with van der Waals surface area (Å²) in [5.41, 5.74) is 0. The standard InChI is InChI=1S/2CHNS.Ca.H2O/c2*2-1-3;;/h2*3H;;1H2/q;;+2;/p-2. The van der Waals surface area contributed by atoms with Crippen molar-refractivity contribution in [3.8, 4) is 10.8 Å². The largest absolute Gasteiger partial charge is 2.00 e. The van der Waals surface area contributed by atoms with E-state index >= 15 is 0 Å². The summed E-state index contributed by atoms with van der Waals surface area (Å²) in [6, 6.07) is 0. The van der Waals surface area contributed by atoms with Crippen molar-refractivity contribution >= 4 is 63.0 Å². The zero-order chi connectivity index (χ0) is 5.41. The summed E-state index contributed by atoms with van der Waals surface area (Å²) in [4.78, 5) is 0. The molecule has 0 aliphatic heterocycles. The summed E-state index contributed by atoms with van der Waals surface area (Å²) >= 11 is 7.40. The van der Waals surface area contributed by atoms with Crippen LogP contribution >= 0.6 is 0 Å². The van der Waals surface area contributed by atoms with Gasteiger partial charge >= 0.3 is 37.7 Å². The second-order valence-electron chi connectivity index (χ2n) is 0.183. The summed E-state index contributed by atoms with van der Waals surface area (Å²) in [6.45, 7) is 0. The van der Waals surface area contributed by atoms with Gasteiger partial charge in [-0.1, -0.05) is 10.8 Å². The molecule has 0 aromatic carbocycles. The van der Waals surface area contributed by atoms with E-state index in [1.54, 1.807) is 0 Å². The predicted molar refractivity (Wildman–Crippen MR) is 35.3 cm³/mol. The molecule has 0 rings (SSSR count). The maximum Gasteiger partial charge on any atom is 2.00 e. The number of hydrogen-bond acceptors (Lipinski definition) is 4. The number of nitriles is 2. The van der Waals surface area contributed by atoms with Gasteiger partial charge in [-0.15, -0.1) is 0 Å². The van der Waals surface area contributed by atoms with Gasteiger partial charge in [-0.25, -0.2) is 10.5 Å². The molecule has 2 N–H and O–H groups in total. The first-order chi connectivity index (χ1) is 2.83. The van der Waals surface area contributed by atoms with Crippen molar-refractivity contribution in [3.05, 3.63) is 0 Å². The van der Waals surface area contributed by atoms with Gasteiger partial charge < -0.3 is 30.7 Å². The molecule has 0 aliphatic rings. The van der Waals surface area contributed by atoms with Gasteiger partial charge in [0.1, 0.15) is 0 Å². The molecule has 0 aromatic heterocycles. The van der Waals surface area contributed by atoms with E-state index in [4.69, 9.17) is 10.5 Å². The van der Waals surface area contributed by atoms with Gasteiger partial charge in [0.05, 0.1) is 0 Å². The second-order valence-corrected chi connectivity index (χ2v) is 0.548. The molecular weight excluding hydrogens is 172 g/mol. The Kier molecular flexibility index (Phi) is 142. The van der Waals surface area contributed by atoms with Crippen LogP contribution in [-0.2, 0) is 25.3 Å². The molecule has 6 heteroatoms. The molecule has 0 aromatic rings. The first-order valence-corrected chi connectivity index (χ1v) is 1.67. The summed E-state index contributed by atoms with van der Waals surface area (Å²) in [6.07, 6.45) is 0. The third-order valence-electron chi connectivity index (χ3n) is 0. The first kappa shape index (κ1) is 23.4. The van der Waals surface area contributed by atoms with Crippen LogP contribution < -0.4 is 0 Å². The monoisotopic (exact) mass is 174 g/mol. The van der Waals surface area contributed by atoms with Gasteiger partial charge in [-0.05, 0) is 0 Å². The normalized spacial score (nSPS) is 1.75. The number of nitrogens with zero attached hydrogens (tertiary/aromatic N) is 2. The van der Waals surface area contributed by atoms with E-state index in [0.29, 0.717) is 0 Å². The summed E-state index contributed by atoms with van der Waals surface area (Å²) < 4.78 is 0. The fourth-order valence-electron chi connectivity index (χ4n) is 0. The van der Waals surface area contributed by atoms with E-state index in [9.17, 15) is 0 Å². The van der Waals surface area contributed by atoms with Crippen LogP contribution in [0.1, 0.15) is 0 Å². The quantitative estimate of drug-likeness (QED) is 0.263. The van der Waals surface area contributed by atoms with Crippen molar-refractivity contribution in [3.63, 3.8) is 0 Å². The molecule has 3 nitrogen and oxygen atoms in total. The van der Waals surface area contributed by atoms with Crippen LogP contribution in [0.4, 0.5) is 0 Å². The Morgan fingerprint density at radius 2 is 1.00 bits per heavy atom. The predicted octanol–water partition coefficient (Wildman–Crippen LogP) is -1.18. The van der Waals surface area contributed by atoms with E-state index < -0.39 is 0 Å². The molecule has 40 valence electrons. The van der Waals surface area contributed by atoms with Gasteiger partial charge in [0, 0.05) is 0 Å². The molecule has 0 atom stereocenters. The Bertz CT molecular complexity index is 73.0. The van der Waals surface area contributed by atoms with E-state index in [-0.39, 0.29) is 43.2 Å². The minimum Gasteiger partial charge on any atom is -0.696 e. The zero-order valence-electron chi connectivity index (χ0n) is 3.92. The van der Waals surface area contributed by atoms with Crippen molar-refractivity contribution in [1.29, 1.82) is 10.5 Å². The van der Waals surface area contributed by atoms with Crippen molar-refractivity contribution in [2.24, 2.45) is 0 Å². The molecule has 0 bridgehead atoms. The summed E-state index contributed by atoms with van der Waals surface area (Å²) in [5, 5.41) is 16.9. The fraction of sp³-hybridized carbons (Fsp3) is 0. The fourth-order valence-corrected chi connectivity index (χ4v) is 0. The van der Waals surface area contributed by atoms with Crippen LogP contribution in [0.15, 0.2) is 0 Å². The average molecular weight is 174 g/mol. The molecule has 0 saturated carbocycles. The number of rotatable bonds is 0. The van der Waals surface area contributed by atoms with Crippen molar-refractivity contribution in [2.75, 3.05) is 0 Å². The van der Waals surface area contributed by atoms with Gasteiger partial charge in [0.25, 0.3) is 0 Å². The summed E-state index contributed by atoms with van der Waals surface area (Å²) in [7, 11) is 0. The number of hydrogen-bond donors (Lipinski definition) is 0. The third-order valence-corrected chi connectivity index (χ3v) is 0. The Balaban J connectivity index is -0.0000000160. The van der Waals surface area contributed by atoms with Crippen molar-refractivity contribution < 1.29 is 5.48 Å². The van der Waals surface area contributed by atoms with E-state index in [2.05, 4.69) is 25.3 Å². The SMILES string of the molecule is N#C[S-].N#C[S-].O.[Ca+2].